The topological polar surface area (TPSA) is 131 Å². The van der Waals surface area contributed by atoms with E-state index in [9.17, 15) is 24.0 Å². The molecule has 196 valence electrons. The molecule has 1 aliphatic rings. The first-order valence-electron chi connectivity index (χ1n) is 11.7. The summed E-state index contributed by atoms with van der Waals surface area (Å²) >= 11 is 0.964. The number of urea groups is 1. The molecule has 1 aromatic heterocycles. The number of thiophene rings is 1. The number of nitrogens with one attached hydrogen (secondary N) is 2. The van der Waals surface area contributed by atoms with E-state index in [-0.39, 0.29) is 35.1 Å². The number of ether oxygens (including phenoxy) is 2. The molecule has 2 heterocycles. The fourth-order valence-electron chi connectivity index (χ4n) is 4.10. The van der Waals surface area contributed by atoms with Crippen LogP contribution in [0.4, 0.5) is 9.80 Å². The van der Waals surface area contributed by atoms with Crippen LogP contribution in [0, 0.1) is 6.92 Å². The van der Waals surface area contributed by atoms with Gasteiger partial charge >= 0.3 is 18.0 Å². The SMILES string of the molecule is CCOC(=O)C1=C(C)NC(=O)N(CC(=O)Nc2sc(C(C)=O)c(C)c2C(=O)OCC)[C@H]1c1ccccc1. The van der Waals surface area contributed by atoms with Crippen molar-refractivity contribution in [2.75, 3.05) is 25.1 Å². The highest BCUT2D eigenvalue weighted by atomic mass is 32.1. The summed E-state index contributed by atoms with van der Waals surface area (Å²) in [5.41, 5.74) is 1.66. The maximum atomic E-state index is 13.2. The molecule has 0 saturated carbocycles. The summed E-state index contributed by atoms with van der Waals surface area (Å²) in [4.78, 5) is 65.3. The Morgan fingerprint density at radius 1 is 1.03 bits per heavy atom. The summed E-state index contributed by atoms with van der Waals surface area (Å²) in [6.07, 6.45) is 0. The van der Waals surface area contributed by atoms with Crippen LogP contribution >= 0.6 is 11.3 Å². The van der Waals surface area contributed by atoms with Crippen molar-refractivity contribution >= 4 is 46.0 Å². The lowest BCUT2D eigenvalue weighted by Gasteiger charge is -2.37. The lowest BCUT2D eigenvalue weighted by molar-refractivity contribution is -0.139. The Bertz CT molecular complexity index is 1270. The van der Waals surface area contributed by atoms with Crippen LogP contribution in [0.25, 0.3) is 0 Å². The predicted molar refractivity (Wildman–Crippen MR) is 137 cm³/mol. The maximum Gasteiger partial charge on any atom is 0.341 e. The van der Waals surface area contributed by atoms with Crippen LogP contribution in [0.15, 0.2) is 41.6 Å². The highest BCUT2D eigenvalue weighted by Gasteiger charge is 2.39. The first-order valence-corrected chi connectivity index (χ1v) is 12.5. The molecule has 0 fully saturated rings. The average molecular weight is 528 g/mol. The molecule has 0 unspecified atom stereocenters. The van der Waals surface area contributed by atoms with Crippen LogP contribution in [0.2, 0.25) is 0 Å². The van der Waals surface area contributed by atoms with Crippen LogP contribution in [0.1, 0.15) is 64.9 Å². The Morgan fingerprint density at radius 2 is 1.65 bits per heavy atom. The molecule has 1 aliphatic heterocycles. The number of nitrogens with zero attached hydrogens (tertiary/aromatic N) is 1. The summed E-state index contributed by atoms with van der Waals surface area (Å²) in [5.74, 6) is -2.16. The highest BCUT2D eigenvalue weighted by Crippen LogP contribution is 2.36. The van der Waals surface area contributed by atoms with Gasteiger partial charge in [-0.3, -0.25) is 9.59 Å². The van der Waals surface area contributed by atoms with E-state index < -0.39 is 36.5 Å². The Labute approximate surface area is 218 Å². The van der Waals surface area contributed by atoms with E-state index in [4.69, 9.17) is 9.47 Å². The number of allylic oxidation sites excluding steroid dienone is 1. The third-order valence-corrected chi connectivity index (χ3v) is 6.98. The van der Waals surface area contributed by atoms with Gasteiger partial charge in [0, 0.05) is 5.70 Å². The number of carbonyl (C=O) groups is 5. The van der Waals surface area contributed by atoms with E-state index in [0.717, 1.165) is 11.3 Å². The first kappa shape index (κ1) is 27.6. The van der Waals surface area contributed by atoms with E-state index in [1.807, 2.05) is 0 Å². The number of carbonyl (C=O) groups excluding carboxylic acids is 5. The zero-order chi connectivity index (χ0) is 27.3. The Kier molecular flexibility index (Phi) is 8.82. The summed E-state index contributed by atoms with van der Waals surface area (Å²) < 4.78 is 10.3. The van der Waals surface area contributed by atoms with Gasteiger partial charge in [0.05, 0.1) is 35.3 Å². The number of anilines is 1. The fraction of sp³-hybridized carbons (Fsp3) is 0.346. The average Bonchev–Trinajstić information content (AvgIpc) is 3.17. The smallest absolute Gasteiger partial charge is 0.341 e. The first-order chi connectivity index (χ1) is 17.6. The van der Waals surface area contributed by atoms with Crippen molar-refractivity contribution in [1.29, 1.82) is 0 Å². The van der Waals surface area contributed by atoms with Crippen LogP contribution in [-0.2, 0) is 19.1 Å². The molecule has 0 aliphatic carbocycles. The van der Waals surface area contributed by atoms with E-state index >= 15 is 0 Å². The molecule has 3 rings (SSSR count). The summed E-state index contributed by atoms with van der Waals surface area (Å²) in [7, 11) is 0. The van der Waals surface area contributed by atoms with Crippen LogP contribution in [-0.4, -0.2) is 54.3 Å². The third kappa shape index (κ3) is 5.88. The number of amides is 3. The molecule has 1 atom stereocenters. The number of hydrogen-bond acceptors (Lipinski definition) is 8. The van der Waals surface area contributed by atoms with Gasteiger partial charge in [-0.1, -0.05) is 30.3 Å². The number of rotatable bonds is 9. The molecule has 37 heavy (non-hydrogen) atoms. The van der Waals surface area contributed by atoms with E-state index in [2.05, 4.69) is 10.6 Å². The minimum Gasteiger partial charge on any atom is -0.463 e. The standard InChI is InChI=1S/C26H29N3O7S/c1-6-35-24(32)19-14(3)22(16(5)30)37-23(19)28-18(31)13-29-21(17-11-9-8-10-12-17)20(25(33)36-7-2)15(4)27-26(29)34/h8-12,21H,6-7,13H2,1-5H3,(H,27,34)(H,28,31)/t21-/m0/s1. The number of ketones is 1. The van der Waals surface area contributed by atoms with Gasteiger partial charge in [-0.25, -0.2) is 14.4 Å². The molecule has 10 nitrogen and oxygen atoms in total. The van der Waals surface area contributed by atoms with Crippen molar-refractivity contribution in [3.8, 4) is 0 Å². The zero-order valence-corrected chi connectivity index (χ0v) is 22.1. The van der Waals surface area contributed by atoms with Crippen molar-refractivity contribution in [3.05, 3.63) is 63.2 Å². The number of hydrogen-bond donors (Lipinski definition) is 2. The zero-order valence-electron chi connectivity index (χ0n) is 21.3. The highest BCUT2D eigenvalue weighted by molar-refractivity contribution is 7.18. The molecular weight excluding hydrogens is 498 g/mol. The Balaban J connectivity index is 1.98. The molecule has 0 saturated heterocycles. The summed E-state index contributed by atoms with van der Waals surface area (Å²) in [6.45, 7) is 7.71. The normalized spacial score (nSPS) is 15.2. The van der Waals surface area contributed by atoms with Crippen molar-refractivity contribution < 1.29 is 33.4 Å². The van der Waals surface area contributed by atoms with Crippen LogP contribution in [0.3, 0.4) is 0 Å². The molecule has 1 aromatic carbocycles. The van der Waals surface area contributed by atoms with Crippen molar-refractivity contribution in [2.45, 2.75) is 40.7 Å². The van der Waals surface area contributed by atoms with Gasteiger partial charge in [0.15, 0.2) is 5.78 Å². The van der Waals surface area contributed by atoms with Gasteiger partial charge in [-0.05, 0) is 45.7 Å². The summed E-state index contributed by atoms with van der Waals surface area (Å²) in [6, 6.07) is 7.37. The molecule has 0 spiro atoms. The second-order valence-electron chi connectivity index (χ2n) is 8.22. The van der Waals surface area contributed by atoms with Gasteiger partial charge < -0.3 is 25.0 Å². The van der Waals surface area contributed by atoms with Crippen molar-refractivity contribution in [1.82, 2.24) is 10.2 Å². The van der Waals surface area contributed by atoms with E-state index in [1.54, 1.807) is 58.0 Å². The Morgan fingerprint density at radius 3 is 2.24 bits per heavy atom. The predicted octanol–water partition coefficient (Wildman–Crippen LogP) is 3.98. The van der Waals surface area contributed by atoms with Crippen LogP contribution < -0.4 is 10.6 Å². The molecular formula is C26H29N3O7S. The molecule has 3 amide bonds. The Hall–Kier alpha value is -3.99. The second kappa shape index (κ2) is 11.8. The number of Topliss-reactive ketones (excluding diaryl/α,β-unsaturated/α-hetero) is 1. The lowest BCUT2D eigenvalue weighted by atomic mass is 9.94. The second-order valence-corrected chi connectivity index (χ2v) is 9.24. The van der Waals surface area contributed by atoms with Gasteiger partial charge in [0.25, 0.3) is 0 Å². The lowest BCUT2D eigenvalue weighted by Crippen LogP contribution is -2.51. The minimum absolute atomic E-state index is 0.0936. The third-order valence-electron chi connectivity index (χ3n) is 5.67. The largest absolute Gasteiger partial charge is 0.463 e. The molecule has 2 aromatic rings. The minimum atomic E-state index is -0.887. The van der Waals surface area contributed by atoms with Crippen molar-refractivity contribution in [3.63, 3.8) is 0 Å². The van der Waals surface area contributed by atoms with E-state index in [0.29, 0.717) is 21.7 Å². The maximum absolute atomic E-state index is 13.2. The van der Waals surface area contributed by atoms with E-state index in [1.165, 1.54) is 11.8 Å². The molecule has 0 bridgehead atoms. The van der Waals surface area contributed by atoms with Gasteiger partial charge in [0.2, 0.25) is 5.91 Å². The molecule has 0 radical (unpaired) electrons. The van der Waals surface area contributed by atoms with Crippen molar-refractivity contribution in [2.24, 2.45) is 0 Å². The quantitative estimate of drug-likeness (QED) is 0.373. The van der Waals surface area contributed by atoms with Gasteiger partial charge in [-0.15, -0.1) is 11.3 Å². The van der Waals surface area contributed by atoms with Crippen LogP contribution in [0.5, 0.6) is 0 Å². The monoisotopic (exact) mass is 527 g/mol. The van der Waals surface area contributed by atoms with Gasteiger partial charge in [0.1, 0.15) is 11.5 Å². The number of esters is 2. The van der Waals surface area contributed by atoms with Gasteiger partial charge in [-0.2, -0.15) is 0 Å². The fourth-order valence-corrected chi connectivity index (χ4v) is 5.21. The molecule has 11 heteroatoms. The number of benzene rings is 1. The summed E-state index contributed by atoms with van der Waals surface area (Å²) in [5, 5.41) is 5.44. The molecule has 2 N–H and O–H groups in total.